The molecule has 0 saturated carbocycles. The number of alkyl halides is 6. The normalized spacial score (nSPS) is 12.2. The first-order chi connectivity index (χ1) is 19.9. The van der Waals surface area contributed by atoms with E-state index < -0.39 is 36.0 Å². The fourth-order valence-corrected chi connectivity index (χ4v) is 4.60. The highest BCUT2D eigenvalue weighted by atomic mass is 19.4. The van der Waals surface area contributed by atoms with E-state index in [1.54, 1.807) is 48.7 Å². The van der Waals surface area contributed by atoms with Crippen LogP contribution in [0.25, 0.3) is 22.0 Å². The number of benzene rings is 3. The van der Waals surface area contributed by atoms with Crippen molar-refractivity contribution in [2.24, 2.45) is 0 Å². The molecule has 7 nitrogen and oxygen atoms in total. The molecule has 0 aliphatic carbocycles. The maximum Gasteiger partial charge on any atom is 0.416 e. The van der Waals surface area contributed by atoms with Crippen LogP contribution in [0, 0.1) is 0 Å². The molecule has 5 rings (SSSR count). The number of oxazole rings is 1. The van der Waals surface area contributed by atoms with E-state index in [1.807, 2.05) is 0 Å². The van der Waals surface area contributed by atoms with Crippen molar-refractivity contribution in [1.29, 1.82) is 0 Å². The lowest BCUT2D eigenvalue weighted by atomic mass is 10.0. The molecule has 2 heterocycles. The summed E-state index contributed by atoms with van der Waals surface area (Å²) in [6.07, 6.45) is -8.24. The number of nitrogens with one attached hydrogen (secondary N) is 1. The first-order valence-corrected chi connectivity index (χ1v) is 12.7. The van der Waals surface area contributed by atoms with Crippen molar-refractivity contribution in [3.8, 4) is 5.75 Å². The number of fused-ring (bicyclic) bond motifs is 2. The molecule has 2 aromatic heterocycles. The molecule has 0 fully saturated rings. The highest BCUT2D eigenvalue weighted by molar-refractivity contribution is 5.88. The van der Waals surface area contributed by atoms with Gasteiger partial charge in [-0.05, 0) is 60.0 Å². The maximum absolute atomic E-state index is 13.8. The van der Waals surface area contributed by atoms with Gasteiger partial charge in [-0.2, -0.15) is 31.3 Å². The highest BCUT2D eigenvalue weighted by Gasteiger charge is 2.38. The number of aromatic amines is 1. The maximum atomic E-state index is 13.8. The summed E-state index contributed by atoms with van der Waals surface area (Å²) in [6.45, 7) is -0.199. The number of hydrogen-bond donors (Lipinski definition) is 2. The summed E-state index contributed by atoms with van der Waals surface area (Å²) in [6, 6.07) is 13.4. The second-order valence-corrected chi connectivity index (χ2v) is 9.55. The Balaban J connectivity index is 1.36. The number of carbonyl (C=O) groups is 1. The van der Waals surface area contributed by atoms with Crippen LogP contribution in [0.3, 0.4) is 0 Å². The summed E-state index contributed by atoms with van der Waals surface area (Å²) in [5.41, 5.74) is -0.983. The minimum Gasteiger partial charge on any atom is -0.494 e. The average molecular weight is 592 g/mol. The van der Waals surface area contributed by atoms with Gasteiger partial charge in [0.15, 0.2) is 5.58 Å². The van der Waals surface area contributed by atoms with Crippen molar-refractivity contribution in [2.75, 3.05) is 18.1 Å². The number of rotatable bonds is 10. The Hall–Kier alpha value is -4.68. The molecule has 2 N–H and O–H groups in total. The third-order valence-electron chi connectivity index (χ3n) is 6.58. The van der Waals surface area contributed by atoms with E-state index in [4.69, 9.17) is 14.3 Å². The smallest absolute Gasteiger partial charge is 0.416 e. The lowest BCUT2D eigenvalue weighted by molar-refractivity contribution is -0.143. The van der Waals surface area contributed by atoms with Gasteiger partial charge in [0, 0.05) is 30.2 Å². The summed E-state index contributed by atoms with van der Waals surface area (Å²) in [4.78, 5) is 19.9. The van der Waals surface area contributed by atoms with E-state index >= 15 is 0 Å². The van der Waals surface area contributed by atoms with Crippen molar-refractivity contribution in [2.45, 2.75) is 31.7 Å². The number of H-pyrrole nitrogens is 1. The minimum absolute atomic E-state index is 0.0104. The Morgan fingerprint density at radius 3 is 2.48 bits per heavy atom. The molecule has 0 aliphatic heterocycles. The van der Waals surface area contributed by atoms with Crippen LogP contribution in [-0.4, -0.2) is 34.2 Å². The van der Waals surface area contributed by atoms with Gasteiger partial charge >= 0.3 is 18.3 Å². The average Bonchev–Trinajstić information content (AvgIpc) is 3.53. The summed E-state index contributed by atoms with van der Waals surface area (Å²) in [5.74, 6) is -0.521. The Kier molecular flexibility index (Phi) is 7.76. The Morgan fingerprint density at radius 2 is 1.76 bits per heavy atom. The molecule has 0 spiro atoms. The van der Waals surface area contributed by atoms with Gasteiger partial charge in [-0.3, -0.25) is 4.79 Å². The van der Waals surface area contributed by atoms with E-state index in [0.717, 1.165) is 11.6 Å². The van der Waals surface area contributed by atoms with Gasteiger partial charge in [0.2, 0.25) is 0 Å². The SMILES string of the molecule is O=C(O)Cc1c[nH]c2ccc(OCCCN(Cc3ccc(C(F)(F)F)cc3C(F)(F)F)c3nc4ccccc4o3)cc12. The molecular weight excluding hydrogens is 568 g/mol. The Morgan fingerprint density at radius 1 is 0.976 bits per heavy atom. The zero-order valence-corrected chi connectivity index (χ0v) is 21.7. The van der Waals surface area contributed by atoms with Crippen molar-refractivity contribution in [3.05, 3.63) is 89.1 Å². The summed E-state index contributed by atoms with van der Waals surface area (Å²) in [7, 11) is 0. The quantitative estimate of drug-likeness (QED) is 0.130. The number of ether oxygens (including phenoxy) is 1. The van der Waals surface area contributed by atoms with Crippen molar-refractivity contribution in [3.63, 3.8) is 0 Å². The van der Waals surface area contributed by atoms with Gasteiger partial charge in [0.1, 0.15) is 11.3 Å². The van der Waals surface area contributed by atoms with E-state index in [0.29, 0.717) is 33.9 Å². The van der Waals surface area contributed by atoms with Crippen LogP contribution in [0.1, 0.15) is 28.7 Å². The fraction of sp³-hybridized carbons (Fsp3) is 0.241. The number of nitrogens with zero attached hydrogens (tertiary/aromatic N) is 2. The van der Waals surface area contributed by atoms with E-state index in [9.17, 15) is 31.1 Å². The fourth-order valence-electron chi connectivity index (χ4n) is 4.60. The van der Waals surface area contributed by atoms with Gasteiger partial charge in [0.25, 0.3) is 6.01 Å². The van der Waals surface area contributed by atoms with Gasteiger partial charge < -0.3 is 24.1 Å². The third-order valence-corrected chi connectivity index (χ3v) is 6.58. The Bertz CT molecular complexity index is 1690. The van der Waals surface area contributed by atoms with E-state index in [-0.39, 0.29) is 43.6 Å². The summed E-state index contributed by atoms with van der Waals surface area (Å²) >= 11 is 0. The largest absolute Gasteiger partial charge is 0.494 e. The second-order valence-electron chi connectivity index (χ2n) is 9.55. The highest BCUT2D eigenvalue weighted by Crippen LogP contribution is 2.38. The van der Waals surface area contributed by atoms with Gasteiger partial charge in [-0.1, -0.05) is 18.2 Å². The predicted molar refractivity (Wildman–Crippen MR) is 141 cm³/mol. The molecule has 5 aromatic rings. The van der Waals surface area contributed by atoms with Crippen molar-refractivity contribution in [1.82, 2.24) is 9.97 Å². The number of aromatic nitrogens is 2. The molecule has 13 heteroatoms. The van der Waals surface area contributed by atoms with Crippen LogP contribution in [0.4, 0.5) is 32.4 Å². The summed E-state index contributed by atoms with van der Waals surface area (Å²) < 4.78 is 92.6. The third kappa shape index (κ3) is 6.45. The van der Waals surface area contributed by atoms with Crippen LogP contribution in [0.2, 0.25) is 0 Å². The number of carboxylic acid groups (broad SMARTS) is 1. The summed E-state index contributed by atoms with van der Waals surface area (Å²) in [5, 5.41) is 9.81. The number of carboxylic acids is 1. The Labute approximate surface area is 234 Å². The van der Waals surface area contributed by atoms with Crippen LogP contribution < -0.4 is 9.64 Å². The number of halogens is 6. The zero-order valence-electron chi connectivity index (χ0n) is 21.7. The van der Waals surface area contributed by atoms with Gasteiger partial charge in [-0.15, -0.1) is 0 Å². The lowest BCUT2D eigenvalue weighted by Crippen LogP contribution is -2.27. The van der Waals surface area contributed by atoms with E-state index in [1.165, 1.54) is 4.90 Å². The van der Waals surface area contributed by atoms with Crippen LogP contribution in [0.15, 0.2) is 71.3 Å². The molecule has 220 valence electrons. The molecule has 0 radical (unpaired) electrons. The van der Waals surface area contributed by atoms with Crippen LogP contribution in [0.5, 0.6) is 5.75 Å². The first-order valence-electron chi connectivity index (χ1n) is 12.7. The van der Waals surface area contributed by atoms with E-state index in [2.05, 4.69) is 9.97 Å². The molecule has 0 amide bonds. The number of hydrogen-bond acceptors (Lipinski definition) is 5. The van der Waals surface area contributed by atoms with Gasteiger partial charge in [-0.25, -0.2) is 0 Å². The predicted octanol–water partition coefficient (Wildman–Crippen LogP) is 7.45. The van der Waals surface area contributed by atoms with Crippen LogP contribution in [-0.2, 0) is 30.1 Å². The molecular formula is C29H23F6N3O4. The molecule has 0 atom stereocenters. The standard InChI is InChI=1S/C29H23F6N3O4/c30-28(31,32)19-7-6-17(22(13-19)29(33,34)35)16-38(27-37-24-4-1-2-5-25(24)42-27)10-3-11-41-20-8-9-23-21(14-20)18(15-36-23)12-26(39)40/h1-2,4-9,13-15,36H,3,10-12,16H2,(H,39,40). The van der Waals surface area contributed by atoms with Crippen molar-refractivity contribution < 1.29 is 45.4 Å². The monoisotopic (exact) mass is 591 g/mol. The molecule has 0 bridgehead atoms. The molecule has 0 unspecified atom stereocenters. The molecule has 0 saturated heterocycles. The minimum atomic E-state index is -5.02. The van der Waals surface area contributed by atoms with Crippen LogP contribution >= 0.6 is 0 Å². The lowest BCUT2D eigenvalue weighted by Gasteiger charge is -2.23. The molecule has 3 aromatic carbocycles. The number of aliphatic carboxylic acids is 1. The zero-order chi connectivity index (χ0) is 30.1. The second kappa shape index (κ2) is 11.3. The molecule has 42 heavy (non-hydrogen) atoms. The van der Waals surface area contributed by atoms with Gasteiger partial charge in [0.05, 0.1) is 24.2 Å². The number of para-hydroxylation sites is 2. The number of anilines is 1. The first kappa shape index (κ1) is 28.8. The topological polar surface area (TPSA) is 91.6 Å². The molecule has 0 aliphatic rings. The van der Waals surface area contributed by atoms with Crippen molar-refractivity contribution >= 4 is 34.0 Å².